The maximum Gasteiger partial charge on any atom is 0.0991 e. The molecule has 1 rings (SSSR count). The van der Waals surface area contributed by atoms with Crippen molar-refractivity contribution < 1.29 is 0 Å². The van der Waals surface area contributed by atoms with Crippen LogP contribution in [0.4, 0.5) is 0 Å². The number of hydrogen-bond acceptors (Lipinski definition) is 1. The molecule has 0 radical (unpaired) electrons. The summed E-state index contributed by atoms with van der Waals surface area (Å²) in [4.78, 5) is 0. The fourth-order valence-electron chi connectivity index (χ4n) is 1.54. The van der Waals surface area contributed by atoms with E-state index in [2.05, 4.69) is 39.0 Å². The summed E-state index contributed by atoms with van der Waals surface area (Å²) in [5.41, 5.74) is 2.07. The second-order valence-corrected chi connectivity index (χ2v) is 3.91. The van der Waals surface area contributed by atoms with Gasteiger partial charge in [-0.1, -0.05) is 39.3 Å². The lowest BCUT2D eigenvalue weighted by Crippen LogP contribution is -2.04. The lowest BCUT2D eigenvalue weighted by atomic mass is 9.87. The van der Waals surface area contributed by atoms with E-state index < -0.39 is 0 Å². The van der Waals surface area contributed by atoms with E-state index in [0.717, 1.165) is 5.56 Å². The molecule has 1 heteroatoms. The van der Waals surface area contributed by atoms with Crippen molar-refractivity contribution in [3.05, 3.63) is 35.4 Å². The normalized spacial score (nSPS) is 14.4. The van der Waals surface area contributed by atoms with Gasteiger partial charge in [0.15, 0.2) is 0 Å². The van der Waals surface area contributed by atoms with Crippen LogP contribution < -0.4 is 0 Å². The zero-order chi connectivity index (χ0) is 10.6. The number of rotatable bonds is 3. The topological polar surface area (TPSA) is 23.8 Å². The molecule has 14 heavy (non-hydrogen) atoms. The first kappa shape index (κ1) is 10.8. The van der Waals surface area contributed by atoms with E-state index in [1.807, 2.05) is 12.1 Å². The highest BCUT2D eigenvalue weighted by Gasteiger charge is 2.11. The van der Waals surface area contributed by atoms with Crippen LogP contribution in [0.5, 0.6) is 0 Å². The van der Waals surface area contributed by atoms with Crippen molar-refractivity contribution in [2.45, 2.75) is 33.1 Å². The van der Waals surface area contributed by atoms with Gasteiger partial charge in [0.1, 0.15) is 0 Å². The first-order chi connectivity index (χ1) is 6.69. The Hall–Kier alpha value is -1.29. The van der Waals surface area contributed by atoms with E-state index >= 15 is 0 Å². The van der Waals surface area contributed by atoms with Crippen molar-refractivity contribution in [3.8, 4) is 6.07 Å². The quantitative estimate of drug-likeness (QED) is 0.707. The molecule has 0 amide bonds. The number of hydrogen-bond donors (Lipinski definition) is 0. The molecule has 0 heterocycles. The van der Waals surface area contributed by atoms with E-state index in [0.29, 0.717) is 11.8 Å². The molecule has 0 aliphatic carbocycles. The van der Waals surface area contributed by atoms with Crippen LogP contribution in [0.2, 0.25) is 0 Å². The highest BCUT2D eigenvalue weighted by atomic mass is 14.2. The first-order valence-electron chi connectivity index (χ1n) is 5.19. The molecule has 0 fully saturated rings. The molecule has 0 aliphatic rings. The van der Waals surface area contributed by atoms with Gasteiger partial charge in [0.05, 0.1) is 11.6 Å². The van der Waals surface area contributed by atoms with E-state index in [-0.39, 0.29) is 0 Å². The summed E-state index contributed by atoms with van der Waals surface area (Å²) in [6.07, 6.45) is 1.20. The molecular formula is C13H17N. The Morgan fingerprint density at radius 3 is 2.21 bits per heavy atom. The number of nitriles is 1. The molecule has 0 spiro atoms. The molecule has 0 aliphatic heterocycles. The third-order valence-corrected chi connectivity index (χ3v) is 3.06. The van der Waals surface area contributed by atoms with Crippen LogP contribution in [0.1, 0.15) is 44.2 Å². The lowest BCUT2D eigenvalue weighted by Gasteiger charge is -2.18. The monoisotopic (exact) mass is 187 g/mol. The van der Waals surface area contributed by atoms with Gasteiger partial charge in [-0.3, -0.25) is 0 Å². The average molecular weight is 187 g/mol. The van der Waals surface area contributed by atoms with Crippen molar-refractivity contribution in [3.63, 3.8) is 0 Å². The standard InChI is InChI=1S/C13H17N/c1-4-10(2)11(3)13-7-5-12(9-14)6-8-13/h5-8,10-11H,4H2,1-3H3. The Morgan fingerprint density at radius 1 is 1.21 bits per heavy atom. The van der Waals surface area contributed by atoms with E-state index in [1.165, 1.54) is 12.0 Å². The van der Waals surface area contributed by atoms with Crippen LogP contribution in [0.15, 0.2) is 24.3 Å². The fraction of sp³-hybridized carbons (Fsp3) is 0.462. The van der Waals surface area contributed by atoms with Gasteiger partial charge in [0, 0.05) is 0 Å². The fourth-order valence-corrected chi connectivity index (χ4v) is 1.54. The molecule has 1 aromatic rings. The van der Waals surface area contributed by atoms with Gasteiger partial charge >= 0.3 is 0 Å². The Labute approximate surface area is 86.4 Å². The Kier molecular flexibility index (Phi) is 3.71. The summed E-state index contributed by atoms with van der Waals surface area (Å²) in [5.74, 6) is 1.27. The lowest BCUT2D eigenvalue weighted by molar-refractivity contribution is 0.473. The minimum Gasteiger partial charge on any atom is -0.192 e. The summed E-state index contributed by atoms with van der Waals surface area (Å²) in [6.45, 7) is 6.73. The molecule has 0 aromatic heterocycles. The van der Waals surface area contributed by atoms with Crippen LogP contribution in [0.3, 0.4) is 0 Å². The van der Waals surface area contributed by atoms with Gasteiger partial charge in [0.2, 0.25) is 0 Å². The van der Waals surface area contributed by atoms with Gasteiger partial charge in [-0.2, -0.15) is 5.26 Å². The van der Waals surface area contributed by atoms with Crippen LogP contribution in [-0.4, -0.2) is 0 Å². The largest absolute Gasteiger partial charge is 0.192 e. The van der Waals surface area contributed by atoms with Crippen molar-refractivity contribution in [2.24, 2.45) is 5.92 Å². The maximum atomic E-state index is 8.67. The summed E-state index contributed by atoms with van der Waals surface area (Å²) in [5, 5.41) is 8.67. The minimum atomic E-state index is 0.577. The van der Waals surface area contributed by atoms with Gasteiger partial charge in [0.25, 0.3) is 0 Å². The molecule has 2 unspecified atom stereocenters. The van der Waals surface area contributed by atoms with Crippen LogP contribution in [-0.2, 0) is 0 Å². The summed E-state index contributed by atoms with van der Waals surface area (Å²) in [7, 11) is 0. The van der Waals surface area contributed by atoms with Crippen molar-refractivity contribution in [1.82, 2.24) is 0 Å². The molecular weight excluding hydrogens is 170 g/mol. The van der Waals surface area contributed by atoms with Crippen LogP contribution in [0, 0.1) is 17.2 Å². The van der Waals surface area contributed by atoms with Crippen molar-refractivity contribution in [2.75, 3.05) is 0 Å². The van der Waals surface area contributed by atoms with Crippen molar-refractivity contribution in [1.29, 1.82) is 5.26 Å². The predicted octanol–water partition coefficient (Wildman–Crippen LogP) is 3.71. The molecule has 2 atom stereocenters. The SMILES string of the molecule is CCC(C)C(C)c1ccc(C#N)cc1. The second kappa shape index (κ2) is 4.81. The molecule has 74 valence electrons. The summed E-state index contributed by atoms with van der Waals surface area (Å²) in [6, 6.07) is 10.1. The third-order valence-electron chi connectivity index (χ3n) is 3.06. The molecule has 0 saturated heterocycles. The second-order valence-electron chi connectivity index (χ2n) is 3.91. The molecule has 0 bridgehead atoms. The molecule has 0 saturated carbocycles. The molecule has 0 N–H and O–H groups in total. The summed E-state index contributed by atoms with van der Waals surface area (Å²) < 4.78 is 0. The highest BCUT2D eigenvalue weighted by molar-refractivity contribution is 5.33. The number of benzene rings is 1. The average Bonchev–Trinajstić information content (AvgIpc) is 2.27. The van der Waals surface area contributed by atoms with Gasteiger partial charge in [-0.05, 0) is 29.5 Å². The highest BCUT2D eigenvalue weighted by Crippen LogP contribution is 2.26. The number of nitrogens with zero attached hydrogens (tertiary/aromatic N) is 1. The van der Waals surface area contributed by atoms with Crippen molar-refractivity contribution >= 4 is 0 Å². The summed E-state index contributed by atoms with van der Waals surface area (Å²) >= 11 is 0. The van der Waals surface area contributed by atoms with E-state index in [1.54, 1.807) is 0 Å². The maximum absolute atomic E-state index is 8.67. The van der Waals surface area contributed by atoms with Gasteiger partial charge in [-0.15, -0.1) is 0 Å². The first-order valence-corrected chi connectivity index (χ1v) is 5.19. The van der Waals surface area contributed by atoms with E-state index in [4.69, 9.17) is 5.26 Å². The smallest absolute Gasteiger partial charge is 0.0991 e. The molecule has 1 aromatic carbocycles. The predicted molar refractivity (Wildman–Crippen MR) is 59.0 cm³/mol. The zero-order valence-corrected chi connectivity index (χ0v) is 9.12. The Bertz CT molecular complexity index is 318. The van der Waals surface area contributed by atoms with Gasteiger partial charge < -0.3 is 0 Å². The Balaban J connectivity index is 2.82. The molecule has 1 nitrogen and oxygen atoms in total. The van der Waals surface area contributed by atoms with Gasteiger partial charge in [-0.25, -0.2) is 0 Å². The Morgan fingerprint density at radius 2 is 1.79 bits per heavy atom. The zero-order valence-electron chi connectivity index (χ0n) is 9.12. The minimum absolute atomic E-state index is 0.577. The van der Waals surface area contributed by atoms with Crippen LogP contribution >= 0.6 is 0 Å². The van der Waals surface area contributed by atoms with Crippen LogP contribution in [0.25, 0.3) is 0 Å². The third kappa shape index (κ3) is 2.35. The van der Waals surface area contributed by atoms with E-state index in [9.17, 15) is 0 Å².